The Bertz CT molecular complexity index is 316. The summed E-state index contributed by atoms with van der Waals surface area (Å²) in [5, 5.41) is 16.5. The van der Waals surface area contributed by atoms with Crippen LogP contribution in [0.2, 0.25) is 0 Å². The van der Waals surface area contributed by atoms with Gasteiger partial charge in [-0.3, -0.25) is 4.68 Å². The lowest BCUT2D eigenvalue weighted by molar-refractivity contribution is 0.195. The van der Waals surface area contributed by atoms with E-state index in [1.165, 1.54) is 0 Å². The summed E-state index contributed by atoms with van der Waals surface area (Å²) < 4.78 is 1.76. The summed E-state index contributed by atoms with van der Waals surface area (Å²) in [7, 11) is 1.88. The Balaban J connectivity index is 2.54. The van der Waals surface area contributed by atoms with E-state index in [9.17, 15) is 0 Å². The Kier molecular flexibility index (Phi) is 4.44. The predicted octanol–water partition coefficient (Wildman–Crippen LogP) is 0.702. The second-order valence-corrected chi connectivity index (χ2v) is 5.11. The van der Waals surface area contributed by atoms with Crippen molar-refractivity contribution in [3.8, 4) is 0 Å². The van der Waals surface area contributed by atoms with Gasteiger partial charge in [0.05, 0.1) is 6.54 Å². The molecule has 5 heteroatoms. The van der Waals surface area contributed by atoms with Crippen LogP contribution in [0.1, 0.15) is 33.0 Å². The lowest BCUT2D eigenvalue weighted by Crippen LogP contribution is -2.41. The van der Waals surface area contributed by atoms with Gasteiger partial charge in [0, 0.05) is 19.7 Å². The van der Waals surface area contributed by atoms with Gasteiger partial charge in [0.15, 0.2) is 0 Å². The minimum absolute atomic E-state index is 0.126. The minimum Gasteiger partial charge on any atom is -0.396 e. The lowest BCUT2D eigenvalue weighted by atomic mass is 9.85. The summed E-state index contributed by atoms with van der Waals surface area (Å²) in [4.78, 5) is 4.16. The molecule has 2 N–H and O–H groups in total. The largest absolute Gasteiger partial charge is 0.396 e. The quantitative estimate of drug-likeness (QED) is 0.776. The van der Waals surface area contributed by atoms with Crippen LogP contribution in [-0.4, -0.2) is 32.5 Å². The first-order chi connectivity index (χ1) is 7.45. The average molecular weight is 226 g/mol. The van der Waals surface area contributed by atoms with Crippen molar-refractivity contribution in [2.45, 2.75) is 39.8 Å². The van der Waals surface area contributed by atoms with Crippen molar-refractivity contribution >= 4 is 0 Å². The Morgan fingerprint density at radius 1 is 1.50 bits per heavy atom. The fourth-order valence-corrected chi connectivity index (χ4v) is 1.67. The van der Waals surface area contributed by atoms with Gasteiger partial charge in [-0.05, 0) is 11.8 Å². The zero-order valence-corrected chi connectivity index (χ0v) is 10.6. The molecule has 1 aromatic rings. The molecule has 0 amide bonds. The highest BCUT2D eigenvalue weighted by Gasteiger charge is 2.23. The second-order valence-electron chi connectivity index (χ2n) is 5.11. The van der Waals surface area contributed by atoms with Crippen LogP contribution in [0.5, 0.6) is 0 Å². The molecule has 0 saturated carbocycles. The molecule has 0 aliphatic rings. The summed E-state index contributed by atoms with van der Waals surface area (Å²) >= 11 is 0. The third-order valence-electron chi connectivity index (χ3n) is 2.77. The van der Waals surface area contributed by atoms with Crippen LogP contribution in [0.25, 0.3) is 0 Å². The molecular formula is C11H22N4O. The van der Waals surface area contributed by atoms with Crippen molar-refractivity contribution in [3.05, 3.63) is 12.2 Å². The summed E-state index contributed by atoms with van der Waals surface area (Å²) in [6.07, 6.45) is 2.30. The number of hydrogen-bond acceptors (Lipinski definition) is 4. The number of aromatic nitrogens is 3. The molecule has 1 atom stereocenters. The number of aliphatic hydroxyl groups excluding tert-OH is 1. The molecule has 1 heterocycles. The fourth-order valence-electron chi connectivity index (χ4n) is 1.67. The molecule has 0 aromatic carbocycles. The maximum Gasteiger partial charge on any atom is 0.140 e. The van der Waals surface area contributed by atoms with Crippen LogP contribution in [0.15, 0.2) is 6.33 Å². The van der Waals surface area contributed by atoms with E-state index >= 15 is 0 Å². The first-order valence-electron chi connectivity index (χ1n) is 5.62. The van der Waals surface area contributed by atoms with Gasteiger partial charge < -0.3 is 10.4 Å². The number of hydrogen-bond donors (Lipinski definition) is 2. The third kappa shape index (κ3) is 3.57. The van der Waals surface area contributed by atoms with Crippen LogP contribution in [0.4, 0.5) is 0 Å². The zero-order valence-electron chi connectivity index (χ0n) is 10.6. The smallest absolute Gasteiger partial charge is 0.140 e. The molecule has 92 valence electrons. The van der Waals surface area contributed by atoms with Crippen LogP contribution < -0.4 is 5.32 Å². The highest BCUT2D eigenvalue weighted by atomic mass is 16.3. The van der Waals surface area contributed by atoms with Crippen molar-refractivity contribution in [2.24, 2.45) is 12.5 Å². The van der Waals surface area contributed by atoms with Gasteiger partial charge in [0.2, 0.25) is 0 Å². The number of aryl methyl sites for hydroxylation is 1. The van der Waals surface area contributed by atoms with Crippen molar-refractivity contribution < 1.29 is 5.11 Å². The van der Waals surface area contributed by atoms with Crippen LogP contribution in [0.3, 0.4) is 0 Å². The number of aliphatic hydroxyl groups is 1. The second kappa shape index (κ2) is 5.41. The molecule has 0 radical (unpaired) electrons. The van der Waals surface area contributed by atoms with E-state index < -0.39 is 0 Å². The van der Waals surface area contributed by atoms with Crippen molar-refractivity contribution in [3.63, 3.8) is 0 Å². The summed E-state index contributed by atoms with van der Waals surface area (Å²) in [5.74, 6) is 0.909. The standard InChI is InChI=1S/C11H22N4O/c1-11(2,3)9(5-6-16)12-7-10-13-8-14-15(10)4/h8-9,12,16H,5-7H2,1-4H3. The Hall–Kier alpha value is -0.940. The van der Waals surface area contributed by atoms with Crippen molar-refractivity contribution in [1.82, 2.24) is 20.1 Å². The average Bonchev–Trinajstić information content (AvgIpc) is 2.57. The van der Waals surface area contributed by atoms with Gasteiger partial charge in [-0.2, -0.15) is 5.10 Å². The molecule has 0 bridgehead atoms. The summed E-state index contributed by atoms with van der Waals surface area (Å²) in [5.41, 5.74) is 0.126. The van der Waals surface area contributed by atoms with Gasteiger partial charge >= 0.3 is 0 Å². The van der Waals surface area contributed by atoms with Gasteiger partial charge in [-0.25, -0.2) is 4.98 Å². The lowest BCUT2D eigenvalue weighted by Gasteiger charge is -2.31. The van der Waals surface area contributed by atoms with Gasteiger partial charge in [-0.15, -0.1) is 0 Å². The Morgan fingerprint density at radius 2 is 2.19 bits per heavy atom. The van der Waals surface area contributed by atoms with Crippen LogP contribution >= 0.6 is 0 Å². The number of rotatable bonds is 5. The molecule has 0 fully saturated rings. The molecule has 0 saturated heterocycles. The van der Waals surface area contributed by atoms with E-state index in [-0.39, 0.29) is 18.1 Å². The van der Waals surface area contributed by atoms with Crippen LogP contribution in [-0.2, 0) is 13.6 Å². The van der Waals surface area contributed by atoms with E-state index in [0.29, 0.717) is 6.54 Å². The van der Waals surface area contributed by atoms with E-state index in [2.05, 4.69) is 36.2 Å². The maximum absolute atomic E-state index is 9.04. The third-order valence-corrected chi connectivity index (χ3v) is 2.77. The summed E-state index contributed by atoms with van der Waals surface area (Å²) in [6, 6.07) is 0.272. The van der Waals surface area contributed by atoms with E-state index in [1.54, 1.807) is 11.0 Å². The molecule has 0 spiro atoms. The molecule has 1 aromatic heterocycles. The molecule has 1 unspecified atom stereocenters. The van der Waals surface area contributed by atoms with Crippen LogP contribution in [0, 0.1) is 5.41 Å². The molecule has 0 aliphatic carbocycles. The molecule has 5 nitrogen and oxygen atoms in total. The monoisotopic (exact) mass is 226 g/mol. The summed E-state index contributed by atoms with van der Waals surface area (Å²) in [6.45, 7) is 7.37. The Labute approximate surface area is 96.9 Å². The minimum atomic E-state index is 0.126. The van der Waals surface area contributed by atoms with Gasteiger partial charge in [-0.1, -0.05) is 20.8 Å². The maximum atomic E-state index is 9.04. The van der Waals surface area contributed by atoms with Gasteiger partial charge in [0.1, 0.15) is 12.2 Å². The SMILES string of the molecule is Cn1ncnc1CNC(CCO)C(C)(C)C. The molecule has 16 heavy (non-hydrogen) atoms. The first-order valence-corrected chi connectivity index (χ1v) is 5.62. The number of nitrogens with zero attached hydrogens (tertiary/aromatic N) is 3. The first kappa shape index (κ1) is 13.1. The normalized spacial score (nSPS) is 14.1. The number of nitrogens with one attached hydrogen (secondary N) is 1. The van der Waals surface area contributed by atoms with Crippen molar-refractivity contribution in [2.75, 3.05) is 6.61 Å². The highest BCUT2D eigenvalue weighted by molar-refractivity contribution is 4.87. The Morgan fingerprint density at radius 3 is 2.62 bits per heavy atom. The van der Waals surface area contributed by atoms with Crippen molar-refractivity contribution in [1.29, 1.82) is 0 Å². The van der Waals surface area contributed by atoms with E-state index in [0.717, 1.165) is 12.2 Å². The topological polar surface area (TPSA) is 63.0 Å². The fraction of sp³-hybridized carbons (Fsp3) is 0.818. The van der Waals surface area contributed by atoms with E-state index in [1.807, 2.05) is 7.05 Å². The molecular weight excluding hydrogens is 204 g/mol. The highest BCUT2D eigenvalue weighted by Crippen LogP contribution is 2.21. The predicted molar refractivity (Wildman–Crippen MR) is 62.8 cm³/mol. The zero-order chi connectivity index (χ0) is 12.2. The van der Waals surface area contributed by atoms with E-state index in [4.69, 9.17) is 5.11 Å². The molecule has 1 rings (SSSR count). The van der Waals surface area contributed by atoms with Gasteiger partial charge in [0.25, 0.3) is 0 Å². The molecule has 0 aliphatic heterocycles.